The second kappa shape index (κ2) is 7.41. The number of imide groups is 2. The molecular formula is C22H18N6O4. The lowest BCUT2D eigenvalue weighted by Crippen LogP contribution is -2.54. The Kier molecular flexibility index (Phi) is 4.54. The molecule has 1 saturated heterocycles. The summed E-state index contributed by atoms with van der Waals surface area (Å²) >= 11 is 0. The molecule has 1 aromatic carbocycles. The summed E-state index contributed by atoms with van der Waals surface area (Å²) in [5.41, 5.74) is 6.85. The third kappa shape index (κ3) is 3.31. The van der Waals surface area contributed by atoms with Crippen molar-refractivity contribution in [3.05, 3.63) is 65.7 Å². The van der Waals surface area contributed by atoms with Crippen LogP contribution in [0.15, 0.2) is 49.1 Å². The minimum atomic E-state index is -0.992. The third-order valence-electron chi connectivity index (χ3n) is 5.47. The summed E-state index contributed by atoms with van der Waals surface area (Å²) in [6.07, 6.45) is 7.19. The van der Waals surface area contributed by atoms with Gasteiger partial charge >= 0.3 is 0 Å². The van der Waals surface area contributed by atoms with E-state index in [1.807, 2.05) is 13.0 Å². The van der Waals surface area contributed by atoms with E-state index in [2.05, 4.69) is 20.8 Å². The minimum Gasteiger partial charge on any atom is -0.295 e. The van der Waals surface area contributed by atoms with Crippen molar-refractivity contribution in [1.82, 2.24) is 25.1 Å². The third-order valence-corrected chi connectivity index (χ3v) is 5.47. The predicted molar refractivity (Wildman–Crippen MR) is 112 cm³/mol. The van der Waals surface area contributed by atoms with Crippen LogP contribution >= 0.6 is 0 Å². The summed E-state index contributed by atoms with van der Waals surface area (Å²) in [5.74, 6) is -2.15. The Morgan fingerprint density at radius 2 is 1.81 bits per heavy atom. The molecule has 1 unspecified atom stereocenters. The number of anilines is 1. The summed E-state index contributed by atoms with van der Waals surface area (Å²) in [6, 6.07) is 5.76. The zero-order valence-corrected chi connectivity index (χ0v) is 17.0. The highest BCUT2D eigenvalue weighted by molar-refractivity contribution is 6.23. The van der Waals surface area contributed by atoms with Crippen molar-refractivity contribution in [3.8, 4) is 11.1 Å². The molecule has 1 fully saturated rings. The number of nitrogens with one attached hydrogen (secondary N) is 2. The number of carbonyl (C=O) groups excluding carboxylic acids is 4. The van der Waals surface area contributed by atoms with Crippen molar-refractivity contribution in [3.63, 3.8) is 0 Å². The maximum atomic E-state index is 12.9. The van der Waals surface area contributed by atoms with Gasteiger partial charge in [0, 0.05) is 29.9 Å². The molecule has 160 valence electrons. The van der Waals surface area contributed by atoms with E-state index in [1.54, 1.807) is 43.0 Å². The molecule has 32 heavy (non-hydrogen) atoms. The minimum absolute atomic E-state index is 0.0781. The zero-order valence-electron chi connectivity index (χ0n) is 17.0. The second-order valence-electron chi connectivity index (χ2n) is 7.74. The molecule has 1 atom stereocenters. The van der Waals surface area contributed by atoms with Gasteiger partial charge in [-0.15, -0.1) is 0 Å². The van der Waals surface area contributed by atoms with Crippen molar-refractivity contribution in [2.24, 2.45) is 0 Å². The van der Waals surface area contributed by atoms with Crippen LogP contribution in [0.2, 0.25) is 0 Å². The number of fused-ring (bicyclic) bond motifs is 1. The summed E-state index contributed by atoms with van der Waals surface area (Å²) < 4.78 is 0. The van der Waals surface area contributed by atoms with Gasteiger partial charge < -0.3 is 0 Å². The smallest absolute Gasteiger partial charge is 0.262 e. The molecule has 0 bridgehead atoms. The largest absolute Gasteiger partial charge is 0.295 e. The lowest BCUT2D eigenvalue weighted by atomic mass is 10.0. The lowest BCUT2D eigenvalue weighted by molar-refractivity contribution is -0.136. The molecule has 2 N–H and O–H groups in total. The number of hydrogen-bond acceptors (Lipinski definition) is 7. The Balaban J connectivity index is 1.37. The van der Waals surface area contributed by atoms with Gasteiger partial charge in [0.15, 0.2) is 0 Å². The topological polar surface area (TPSA) is 126 Å². The van der Waals surface area contributed by atoms with Gasteiger partial charge in [-0.1, -0.05) is 0 Å². The van der Waals surface area contributed by atoms with Crippen LogP contribution in [-0.2, 0) is 9.59 Å². The predicted octanol–water partition coefficient (Wildman–Crippen LogP) is 1.53. The molecule has 10 heteroatoms. The average molecular weight is 430 g/mol. The van der Waals surface area contributed by atoms with Crippen LogP contribution in [-0.4, -0.2) is 49.4 Å². The molecule has 5 rings (SSSR count). The molecule has 2 aromatic heterocycles. The van der Waals surface area contributed by atoms with E-state index in [0.29, 0.717) is 5.69 Å². The maximum absolute atomic E-state index is 12.9. The molecule has 10 nitrogen and oxygen atoms in total. The fourth-order valence-electron chi connectivity index (χ4n) is 3.92. The van der Waals surface area contributed by atoms with Gasteiger partial charge in [-0.25, -0.2) is 0 Å². The normalized spacial score (nSPS) is 18.0. The Morgan fingerprint density at radius 3 is 2.59 bits per heavy atom. The van der Waals surface area contributed by atoms with Gasteiger partial charge in [-0.05, 0) is 43.2 Å². The van der Waals surface area contributed by atoms with Gasteiger partial charge in [0.05, 0.1) is 29.2 Å². The zero-order chi connectivity index (χ0) is 22.4. The summed E-state index contributed by atoms with van der Waals surface area (Å²) in [4.78, 5) is 55.9. The number of hydrogen-bond donors (Lipinski definition) is 2. The first-order valence-electron chi connectivity index (χ1n) is 10.00. The van der Waals surface area contributed by atoms with E-state index in [0.717, 1.165) is 21.6 Å². The molecule has 0 saturated carbocycles. The number of nitrogens with zero attached hydrogens (tertiary/aromatic N) is 4. The van der Waals surface area contributed by atoms with Crippen molar-refractivity contribution >= 4 is 29.3 Å². The van der Waals surface area contributed by atoms with Crippen molar-refractivity contribution in [1.29, 1.82) is 0 Å². The maximum Gasteiger partial charge on any atom is 0.262 e. The van der Waals surface area contributed by atoms with Gasteiger partial charge in [-0.3, -0.25) is 39.8 Å². The molecule has 0 aliphatic carbocycles. The standard InChI is InChI=1S/C22H18N6O4/c1-12-6-13(9-23-8-12)14-10-24-27(11-14)26-15-2-3-16-17(7-15)22(32)28(21(16)31)18-4-5-19(29)25-20(18)30/h2-3,6-11,18,26H,4-5H2,1H3,(H,25,29,30). The van der Waals surface area contributed by atoms with Crippen LogP contribution in [0.1, 0.15) is 39.1 Å². The quantitative estimate of drug-likeness (QED) is 0.601. The fourth-order valence-corrected chi connectivity index (χ4v) is 3.92. The summed E-state index contributed by atoms with van der Waals surface area (Å²) in [7, 11) is 0. The molecule has 3 aromatic rings. The summed E-state index contributed by atoms with van der Waals surface area (Å²) in [5, 5.41) is 6.47. The van der Waals surface area contributed by atoms with Crippen LogP contribution in [0.4, 0.5) is 5.69 Å². The van der Waals surface area contributed by atoms with Gasteiger partial charge in [0.25, 0.3) is 11.8 Å². The van der Waals surface area contributed by atoms with Crippen molar-refractivity contribution in [2.75, 3.05) is 5.43 Å². The molecule has 2 aliphatic heterocycles. The second-order valence-corrected chi connectivity index (χ2v) is 7.74. The van der Waals surface area contributed by atoms with Crippen molar-refractivity contribution in [2.45, 2.75) is 25.8 Å². The fraction of sp³-hybridized carbons (Fsp3) is 0.182. The SMILES string of the molecule is Cc1cncc(-c2cnn(Nc3ccc4c(c3)C(=O)N(C3CCC(=O)NC3=O)C4=O)c2)c1. The lowest BCUT2D eigenvalue weighted by Gasteiger charge is -2.27. The van der Waals surface area contributed by atoms with E-state index in [-0.39, 0.29) is 24.0 Å². The number of rotatable bonds is 4. The molecule has 4 heterocycles. The van der Waals surface area contributed by atoms with Crippen LogP contribution in [0.3, 0.4) is 0 Å². The number of benzene rings is 1. The van der Waals surface area contributed by atoms with Gasteiger partial charge in [0.1, 0.15) is 6.04 Å². The Morgan fingerprint density at radius 1 is 1.00 bits per heavy atom. The molecule has 4 amide bonds. The Labute approximate surface area is 182 Å². The van der Waals surface area contributed by atoms with E-state index in [1.165, 1.54) is 4.79 Å². The number of aryl methyl sites for hydroxylation is 1. The van der Waals surface area contributed by atoms with Crippen molar-refractivity contribution < 1.29 is 19.2 Å². The monoisotopic (exact) mass is 430 g/mol. The molecule has 0 radical (unpaired) electrons. The first-order chi connectivity index (χ1) is 15.4. The van der Waals surface area contributed by atoms with Gasteiger partial charge in [0.2, 0.25) is 11.8 Å². The number of carbonyl (C=O) groups is 4. The highest BCUT2D eigenvalue weighted by Crippen LogP contribution is 2.29. The van der Waals surface area contributed by atoms with Crippen LogP contribution < -0.4 is 10.7 Å². The highest BCUT2D eigenvalue weighted by Gasteiger charge is 2.44. The van der Waals surface area contributed by atoms with E-state index in [9.17, 15) is 19.2 Å². The number of amides is 4. The molecule has 2 aliphatic rings. The Hall–Kier alpha value is -4.34. The molecular weight excluding hydrogens is 412 g/mol. The Bertz CT molecular complexity index is 1300. The first-order valence-corrected chi connectivity index (χ1v) is 10.00. The number of aromatic nitrogens is 3. The van der Waals surface area contributed by atoms with E-state index >= 15 is 0 Å². The molecule has 0 spiro atoms. The number of pyridine rings is 1. The first kappa shape index (κ1) is 19.6. The average Bonchev–Trinajstić information content (AvgIpc) is 3.32. The highest BCUT2D eigenvalue weighted by atomic mass is 16.2. The van der Waals surface area contributed by atoms with Gasteiger partial charge in [-0.2, -0.15) is 9.89 Å². The van der Waals surface area contributed by atoms with Crippen LogP contribution in [0.25, 0.3) is 11.1 Å². The number of piperidine rings is 1. The van der Waals surface area contributed by atoms with E-state index in [4.69, 9.17) is 0 Å². The van der Waals surface area contributed by atoms with Crippen LogP contribution in [0.5, 0.6) is 0 Å². The summed E-state index contributed by atoms with van der Waals surface area (Å²) in [6.45, 7) is 1.96. The van der Waals surface area contributed by atoms with Crippen LogP contribution in [0, 0.1) is 6.92 Å². The van der Waals surface area contributed by atoms with E-state index < -0.39 is 29.7 Å².